The van der Waals surface area contributed by atoms with Gasteiger partial charge in [-0.05, 0) is 57.5 Å². The second-order valence-corrected chi connectivity index (χ2v) is 8.39. The molecule has 0 aliphatic carbocycles. The van der Waals surface area contributed by atoms with Gasteiger partial charge in [0.05, 0.1) is 17.2 Å². The van der Waals surface area contributed by atoms with E-state index in [1.54, 1.807) is 4.90 Å². The van der Waals surface area contributed by atoms with Crippen LogP contribution < -0.4 is 5.46 Å². The van der Waals surface area contributed by atoms with Gasteiger partial charge in [-0.1, -0.05) is 31.2 Å². The lowest BCUT2D eigenvalue weighted by Gasteiger charge is -2.37. The number of amides is 1. The fourth-order valence-electron chi connectivity index (χ4n) is 3.56. The first-order chi connectivity index (χ1) is 11.6. The van der Waals surface area contributed by atoms with Gasteiger partial charge in [0.1, 0.15) is 0 Å². The zero-order valence-corrected chi connectivity index (χ0v) is 15.8. The van der Waals surface area contributed by atoms with Crippen molar-refractivity contribution in [3.63, 3.8) is 0 Å². The van der Waals surface area contributed by atoms with Crippen LogP contribution in [0.25, 0.3) is 0 Å². The van der Waals surface area contributed by atoms with Gasteiger partial charge < -0.3 is 19.3 Å². The van der Waals surface area contributed by atoms with Gasteiger partial charge in [0.15, 0.2) is 0 Å². The van der Waals surface area contributed by atoms with Gasteiger partial charge in [0, 0.05) is 6.54 Å². The molecule has 2 atom stereocenters. The molecule has 0 saturated carbocycles. The fraction of sp³-hybridized carbons (Fsp3) is 0.632. The van der Waals surface area contributed by atoms with Crippen molar-refractivity contribution >= 4 is 18.7 Å². The van der Waals surface area contributed by atoms with Crippen LogP contribution in [-0.4, -0.2) is 41.0 Å². The van der Waals surface area contributed by atoms with Gasteiger partial charge in [0.25, 0.3) is 0 Å². The number of carboxylic acid groups (broad SMARTS) is 1. The van der Waals surface area contributed by atoms with Crippen molar-refractivity contribution in [3.8, 4) is 0 Å². The fourth-order valence-corrected chi connectivity index (χ4v) is 3.56. The Balaban J connectivity index is 1.78. The summed E-state index contributed by atoms with van der Waals surface area (Å²) in [4.78, 5) is 13.2. The van der Waals surface area contributed by atoms with Gasteiger partial charge in [-0.2, -0.15) is 0 Å². The molecule has 5 nitrogen and oxygen atoms in total. The summed E-state index contributed by atoms with van der Waals surface area (Å²) in [7, 11) is -0.388. The highest BCUT2D eigenvalue weighted by Crippen LogP contribution is 2.37. The number of benzene rings is 1. The number of carbonyl (C=O) groups is 1. The molecule has 6 heteroatoms. The van der Waals surface area contributed by atoms with Crippen LogP contribution >= 0.6 is 0 Å². The van der Waals surface area contributed by atoms with Gasteiger partial charge in [-0.15, -0.1) is 0 Å². The first kappa shape index (κ1) is 18.3. The quantitative estimate of drug-likeness (QED) is 0.835. The van der Waals surface area contributed by atoms with Crippen molar-refractivity contribution in [2.45, 2.75) is 64.7 Å². The lowest BCUT2D eigenvalue weighted by molar-refractivity contribution is 0.00578. The van der Waals surface area contributed by atoms with Crippen LogP contribution in [-0.2, 0) is 9.31 Å². The first-order valence-electron chi connectivity index (χ1n) is 9.06. The van der Waals surface area contributed by atoms with E-state index in [0.717, 1.165) is 23.9 Å². The van der Waals surface area contributed by atoms with E-state index < -0.39 is 6.09 Å². The molecule has 136 valence electrons. The van der Waals surface area contributed by atoms with Gasteiger partial charge in [0.2, 0.25) is 0 Å². The Hall–Kier alpha value is -1.53. The minimum Gasteiger partial charge on any atom is -0.465 e. The molecule has 25 heavy (non-hydrogen) atoms. The average Bonchev–Trinajstić information content (AvgIpc) is 2.75. The Morgan fingerprint density at radius 2 is 1.68 bits per heavy atom. The summed E-state index contributed by atoms with van der Waals surface area (Å²) in [6.45, 7) is 10.8. The minimum absolute atomic E-state index is 0.0685. The van der Waals surface area contributed by atoms with Crippen LogP contribution in [0.2, 0.25) is 0 Å². The summed E-state index contributed by atoms with van der Waals surface area (Å²) in [5.41, 5.74) is 1.27. The molecule has 1 aromatic carbocycles. The number of hydrogen-bond donors (Lipinski definition) is 1. The Kier molecular flexibility index (Phi) is 4.62. The average molecular weight is 345 g/mol. The van der Waals surface area contributed by atoms with Crippen LogP contribution in [0, 0.1) is 5.92 Å². The van der Waals surface area contributed by atoms with Crippen LogP contribution in [0.5, 0.6) is 0 Å². The molecular formula is C19H28BNO4. The number of piperidine rings is 1. The zero-order chi connectivity index (χ0) is 18.4. The highest BCUT2D eigenvalue weighted by molar-refractivity contribution is 6.62. The molecule has 2 saturated heterocycles. The third kappa shape index (κ3) is 3.42. The van der Waals surface area contributed by atoms with E-state index in [4.69, 9.17) is 9.31 Å². The van der Waals surface area contributed by atoms with E-state index in [9.17, 15) is 9.90 Å². The Labute approximate surface area is 150 Å². The number of rotatable bonds is 2. The summed E-state index contributed by atoms with van der Waals surface area (Å²) in [6, 6.07) is 7.94. The maximum absolute atomic E-state index is 11.6. The van der Waals surface area contributed by atoms with Crippen LogP contribution in [0.1, 0.15) is 59.1 Å². The standard InChI is InChI=1S/C19H28BNO4/c1-13-6-11-16(21(12-13)17(22)23)14-7-9-15(10-8-14)20-24-18(2,3)19(4,5)25-20/h7-10,13,16H,6,11-12H2,1-5H3,(H,22,23)/t13-,16+/m0/s1. The van der Waals surface area contributed by atoms with Crippen LogP contribution in [0.15, 0.2) is 24.3 Å². The van der Waals surface area contributed by atoms with Crippen molar-refractivity contribution in [2.75, 3.05) is 6.54 Å². The normalized spacial score (nSPS) is 28.2. The molecule has 2 aliphatic heterocycles. The number of likely N-dealkylation sites (tertiary alicyclic amines) is 1. The minimum atomic E-state index is -0.841. The monoisotopic (exact) mass is 345 g/mol. The molecule has 2 aliphatic rings. The lowest BCUT2D eigenvalue weighted by Crippen LogP contribution is -2.41. The molecule has 0 bridgehead atoms. The SMILES string of the molecule is C[C@H]1CC[C@H](c2ccc(B3OC(C)(C)C(C)(C)O3)cc2)N(C(=O)O)C1. The summed E-state index contributed by atoms with van der Waals surface area (Å²) in [5, 5.41) is 9.52. The molecule has 3 rings (SSSR count). The van der Waals surface area contributed by atoms with E-state index in [2.05, 4.69) is 6.92 Å². The van der Waals surface area contributed by atoms with E-state index in [0.29, 0.717) is 12.5 Å². The Morgan fingerprint density at radius 3 is 2.20 bits per heavy atom. The van der Waals surface area contributed by atoms with Crippen molar-refractivity contribution in [3.05, 3.63) is 29.8 Å². The summed E-state index contributed by atoms with van der Waals surface area (Å²) >= 11 is 0. The van der Waals surface area contributed by atoms with Crippen molar-refractivity contribution in [1.29, 1.82) is 0 Å². The highest BCUT2D eigenvalue weighted by atomic mass is 16.7. The predicted molar refractivity (Wildman–Crippen MR) is 98.0 cm³/mol. The maximum Gasteiger partial charge on any atom is 0.494 e. The summed E-state index contributed by atoms with van der Waals surface area (Å²) in [5.74, 6) is 0.413. The smallest absolute Gasteiger partial charge is 0.465 e. The van der Waals surface area contributed by atoms with Crippen molar-refractivity contribution < 1.29 is 19.2 Å². The molecule has 0 unspecified atom stereocenters. The molecule has 1 aromatic rings. The molecule has 1 N–H and O–H groups in total. The molecule has 0 aromatic heterocycles. The molecular weight excluding hydrogens is 317 g/mol. The zero-order valence-electron chi connectivity index (χ0n) is 15.8. The third-order valence-electron chi connectivity index (χ3n) is 5.91. The van der Waals surface area contributed by atoms with E-state index >= 15 is 0 Å². The predicted octanol–water partition coefficient (Wildman–Crippen LogP) is 3.44. The van der Waals surface area contributed by atoms with Gasteiger partial charge in [-0.3, -0.25) is 0 Å². The second kappa shape index (κ2) is 6.33. The van der Waals surface area contributed by atoms with Crippen LogP contribution in [0.3, 0.4) is 0 Å². The highest BCUT2D eigenvalue weighted by Gasteiger charge is 2.51. The topological polar surface area (TPSA) is 59.0 Å². The van der Waals surface area contributed by atoms with E-state index in [1.807, 2.05) is 52.0 Å². The molecule has 1 amide bonds. The van der Waals surface area contributed by atoms with E-state index in [1.165, 1.54) is 0 Å². The third-order valence-corrected chi connectivity index (χ3v) is 5.91. The van der Waals surface area contributed by atoms with E-state index in [-0.39, 0.29) is 24.4 Å². The molecule has 0 spiro atoms. The largest absolute Gasteiger partial charge is 0.494 e. The molecule has 0 radical (unpaired) electrons. The van der Waals surface area contributed by atoms with Crippen molar-refractivity contribution in [1.82, 2.24) is 4.90 Å². The molecule has 2 fully saturated rings. The number of nitrogens with zero attached hydrogens (tertiary/aromatic N) is 1. The lowest BCUT2D eigenvalue weighted by atomic mass is 9.78. The first-order valence-corrected chi connectivity index (χ1v) is 9.06. The summed E-state index contributed by atoms with van der Waals surface area (Å²) in [6.07, 6.45) is 1.07. The summed E-state index contributed by atoms with van der Waals surface area (Å²) < 4.78 is 12.2. The maximum atomic E-state index is 11.6. The Bertz CT molecular complexity index is 627. The number of hydrogen-bond acceptors (Lipinski definition) is 3. The van der Waals surface area contributed by atoms with Gasteiger partial charge >= 0.3 is 13.2 Å². The molecule has 2 heterocycles. The van der Waals surface area contributed by atoms with Crippen LogP contribution in [0.4, 0.5) is 4.79 Å². The van der Waals surface area contributed by atoms with Crippen molar-refractivity contribution in [2.24, 2.45) is 5.92 Å². The Morgan fingerprint density at radius 1 is 1.12 bits per heavy atom. The second-order valence-electron chi connectivity index (χ2n) is 8.39. The van der Waals surface area contributed by atoms with Gasteiger partial charge in [-0.25, -0.2) is 4.79 Å².